The molecule has 0 saturated carbocycles. The van der Waals surface area contributed by atoms with E-state index in [1.54, 1.807) is 13.3 Å². The highest BCUT2D eigenvalue weighted by molar-refractivity contribution is 5.66. The van der Waals surface area contributed by atoms with Crippen LogP contribution in [0, 0.1) is 0 Å². The van der Waals surface area contributed by atoms with E-state index in [2.05, 4.69) is 10.3 Å². The Morgan fingerprint density at radius 1 is 1.33 bits per heavy atom. The van der Waals surface area contributed by atoms with E-state index in [1.165, 1.54) is 13.3 Å². The largest absolute Gasteiger partial charge is 0.497 e. The summed E-state index contributed by atoms with van der Waals surface area (Å²) in [6.45, 7) is 1.39. The molecule has 110 valence electrons. The molecular formula is C15H16N2O4. The Morgan fingerprint density at radius 2 is 2.10 bits per heavy atom. The fourth-order valence-corrected chi connectivity index (χ4v) is 2.55. The average molecular weight is 288 g/mol. The van der Waals surface area contributed by atoms with Crippen molar-refractivity contribution in [3.05, 3.63) is 48.2 Å². The normalized spacial score (nSPS) is 24.2. The van der Waals surface area contributed by atoms with E-state index in [-0.39, 0.29) is 17.9 Å². The van der Waals surface area contributed by atoms with Gasteiger partial charge in [-0.15, -0.1) is 0 Å². The molecule has 3 atom stereocenters. The molecule has 1 saturated heterocycles. The van der Waals surface area contributed by atoms with Crippen molar-refractivity contribution in [2.24, 2.45) is 0 Å². The minimum absolute atomic E-state index is 0.00760. The number of hydrogen-bond donors (Lipinski definition) is 1. The van der Waals surface area contributed by atoms with Crippen molar-refractivity contribution >= 4 is 5.97 Å². The number of nitrogens with one attached hydrogen (secondary N) is 1. The number of carbonyl (C=O) groups excluding carboxylic acids is 1. The number of nitrogens with zero attached hydrogens (tertiary/aromatic N) is 1. The fourth-order valence-electron chi connectivity index (χ4n) is 2.55. The maximum Gasteiger partial charge on any atom is 0.304 e. The zero-order valence-electron chi connectivity index (χ0n) is 11.8. The fraction of sp³-hybridized carbons (Fsp3) is 0.333. The molecule has 0 radical (unpaired) electrons. The van der Waals surface area contributed by atoms with Crippen molar-refractivity contribution in [3.8, 4) is 5.75 Å². The van der Waals surface area contributed by atoms with E-state index in [9.17, 15) is 4.79 Å². The SMILES string of the molecule is COc1ccc(C2NC(OC(C)=O)C2c2cnco2)cc1. The summed E-state index contributed by atoms with van der Waals surface area (Å²) in [6, 6.07) is 7.75. The number of hydrogen-bond acceptors (Lipinski definition) is 6. The van der Waals surface area contributed by atoms with Gasteiger partial charge in [0.1, 0.15) is 11.5 Å². The van der Waals surface area contributed by atoms with Gasteiger partial charge >= 0.3 is 5.97 Å². The van der Waals surface area contributed by atoms with Gasteiger partial charge in [-0.05, 0) is 17.7 Å². The molecule has 1 aromatic carbocycles. The lowest BCUT2D eigenvalue weighted by Crippen LogP contribution is -2.55. The second-order valence-corrected chi connectivity index (χ2v) is 4.88. The first-order chi connectivity index (χ1) is 10.2. The third kappa shape index (κ3) is 2.62. The predicted octanol–water partition coefficient (Wildman–Crippen LogP) is 2.00. The number of aromatic nitrogens is 1. The molecule has 3 rings (SSSR count). The Morgan fingerprint density at radius 3 is 2.67 bits per heavy atom. The molecule has 2 aromatic rings. The summed E-state index contributed by atoms with van der Waals surface area (Å²) in [4.78, 5) is 15.1. The lowest BCUT2D eigenvalue weighted by Gasteiger charge is -2.43. The minimum Gasteiger partial charge on any atom is -0.497 e. The van der Waals surface area contributed by atoms with Gasteiger partial charge in [-0.25, -0.2) is 4.98 Å². The van der Waals surface area contributed by atoms with Crippen LogP contribution in [0.25, 0.3) is 0 Å². The van der Waals surface area contributed by atoms with Crippen LogP contribution in [0.4, 0.5) is 0 Å². The molecule has 1 aliphatic heterocycles. The van der Waals surface area contributed by atoms with Crippen LogP contribution in [-0.2, 0) is 9.53 Å². The van der Waals surface area contributed by atoms with Gasteiger partial charge in [-0.3, -0.25) is 10.1 Å². The maximum atomic E-state index is 11.2. The minimum atomic E-state index is -0.400. The number of carbonyl (C=O) groups is 1. The zero-order chi connectivity index (χ0) is 14.8. The summed E-state index contributed by atoms with van der Waals surface area (Å²) in [7, 11) is 1.63. The molecule has 21 heavy (non-hydrogen) atoms. The number of benzene rings is 1. The smallest absolute Gasteiger partial charge is 0.304 e. The van der Waals surface area contributed by atoms with Gasteiger partial charge in [0, 0.05) is 6.92 Å². The van der Waals surface area contributed by atoms with Crippen LogP contribution in [0.2, 0.25) is 0 Å². The molecule has 1 aromatic heterocycles. The summed E-state index contributed by atoms with van der Waals surface area (Å²) < 4.78 is 15.8. The highest BCUT2D eigenvalue weighted by Gasteiger charge is 2.46. The second kappa shape index (κ2) is 5.57. The molecule has 0 bridgehead atoms. The van der Waals surface area contributed by atoms with Crippen molar-refractivity contribution in [1.29, 1.82) is 0 Å². The molecular weight excluding hydrogens is 272 g/mol. The maximum absolute atomic E-state index is 11.2. The van der Waals surface area contributed by atoms with Gasteiger partial charge < -0.3 is 13.9 Å². The summed E-state index contributed by atoms with van der Waals surface area (Å²) in [5, 5.41) is 3.23. The number of esters is 1. The molecule has 6 nitrogen and oxygen atoms in total. The Labute approximate surface area is 122 Å². The lowest BCUT2D eigenvalue weighted by atomic mass is 9.82. The van der Waals surface area contributed by atoms with Crippen LogP contribution in [0.3, 0.4) is 0 Å². The van der Waals surface area contributed by atoms with Gasteiger partial charge in [-0.1, -0.05) is 12.1 Å². The van der Waals surface area contributed by atoms with Gasteiger partial charge in [0.05, 0.1) is 25.3 Å². The first kappa shape index (κ1) is 13.6. The van der Waals surface area contributed by atoms with Crippen molar-refractivity contribution in [1.82, 2.24) is 10.3 Å². The monoisotopic (exact) mass is 288 g/mol. The van der Waals surface area contributed by atoms with Crippen LogP contribution in [0.15, 0.2) is 41.3 Å². The molecule has 2 heterocycles. The standard InChI is InChI=1S/C15H16N2O4/c1-9(18)21-15-13(12-7-16-8-20-12)14(17-15)10-3-5-11(19-2)6-4-10/h3-8,13-15,17H,1-2H3. The summed E-state index contributed by atoms with van der Waals surface area (Å²) >= 11 is 0. The Balaban J connectivity index is 1.83. The van der Waals surface area contributed by atoms with Gasteiger partial charge in [-0.2, -0.15) is 0 Å². The lowest BCUT2D eigenvalue weighted by molar-refractivity contribution is -0.157. The van der Waals surface area contributed by atoms with Gasteiger partial charge in [0.25, 0.3) is 0 Å². The van der Waals surface area contributed by atoms with Crippen molar-refractivity contribution in [3.63, 3.8) is 0 Å². The van der Waals surface area contributed by atoms with Crippen molar-refractivity contribution < 1.29 is 18.7 Å². The molecule has 0 aliphatic carbocycles. The van der Waals surface area contributed by atoms with Gasteiger partial charge in [0.15, 0.2) is 12.6 Å². The summed E-state index contributed by atoms with van der Waals surface area (Å²) in [6.07, 6.45) is 2.63. The molecule has 0 amide bonds. The van der Waals surface area contributed by atoms with Crippen molar-refractivity contribution in [2.45, 2.75) is 25.1 Å². The van der Waals surface area contributed by atoms with Crippen LogP contribution in [0.5, 0.6) is 5.75 Å². The third-order valence-corrected chi connectivity index (χ3v) is 3.58. The highest BCUT2D eigenvalue weighted by Crippen LogP contribution is 2.42. The molecule has 1 fully saturated rings. The van der Waals surface area contributed by atoms with E-state index < -0.39 is 6.23 Å². The molecule has 0 spiro atoms. The summed E-state index contributed by atoms with van der Waals surface area (Å²) in [5.41, 5.74) is 1.07. The highest BCUT2D eigenvalue weighted by atomic mass is 16.6. The quantitative estimate of drug-likeness (QED) is 0.867. The van der Waals surface area contributed by atoms with E-state index >= 15 is 0 Å². The first-order valence-electron chi connectivity index (χ1n) is 6.64. The molecule has 6 heteroatoms. The predicted molar refractivity (Wildman–Crippen MR) is 73.7 cm³/mol. The van der Waals surface area contributed by atoms with Gasteiger partial charge in [0.2, 0.25) is 0 Å². The third-order valence-electron chi connectivity index (χ3n) is 3.58. The molecule has 3 unspecified atom stereocenters. The van der Waals surface area contributed by atoms with Crippen LogP contribution in [-0.4, -0.2) is 24.3 Å². The number of oxazole rings is 1. The molecule has 1 N–H and O–H groups in total. The first-order valence-corrected chi connectivity index (χ1v) is 6.64. The van der Waals surface area contributed by atoms with Crippen LogP contribution < -0.4 is 10.1 Å². The van der Waals surface area contributed by atoms with E-state index in [1.807, 2.05) is 24.3 Å². The zero-order valence-corrected chi connectivity index (χ0v) is 11.8. The van der Waals surface area contributed by atoms with E-state index in [0.717, 1.165) is 11.3 Å². The van der Waals surface area contributed by atoms with E-state index in [4.69, 9.17) is 13.9 Å². The van der Waals surface area contributed by atoms with Crippen LogP contribution >= 0.6 is 0 Å². The van der Waals surface area contributed by atoms with E-state index in [0.29, 0.717) is 5.76 Å². The topological polar surface area (TPSA) is 73.6 Å². The molecule has 1 aliphatic rings. The number of ether oxygens (including phenoxy) is 2. The Bertz CT molecular complexity index is 609. The number of rotatable bonds is 4. The average Bonchev–Trinajstić information content (AvgIpc) is 2.96. The second-order valence-electron chi connectivity index (χ2n) is 4.88. The summed E-state index contributed by atoms with van der Waals surface area (Å²) in [5.74, 6) is 1.07. The Hall–Kier alpha value is -2.34. The number of methoxy groups -OCH3 is 1. The van der Waals surface area contributed by atoms with Crippen LogP contribution in [0.1, 0.15) is 30.2 Å². The van der Waals surface area contributed by atoms with Crippen molar-refractivity contribution in [2.75, 3.05) is 7.11 Å². The Kier molecular flexibility index (Phi) is 3.62.